The van der Waals surface area contributed by atoms with Gasteiger partial charge in [0.1, 0.15) is 6.04 Å². The molecule has 1 aliphatic rings. The Labute approximate surface area is 95.9 Å². The third kappa shape index (κ3) is 4.18. The van der Waals surface area contributed by atoms with Gasteiger partial charge < -0.3 is 15.4 Å². The minimum Gasteiger partial charge on any atom is -0.468 e. The second-order valence-corrected chi connectivity index (χ2v) is 4.00. The van der Waals surface area contributed by atoms with Gasteiger partial charge in [0.15, 0.2) is 0 Å². The molecule has 0 aliphatic heterocycles. The molecule has 0 saturated heterocycles. The third-order valence-electron chi connectivity index (χ3n) is 2.64. The number of carbonyl (C=O) groups is 2. The fourth-order valence-corrected chi connectivity index (χ4v) is 1.63. The molecule has 2 N–H and O–H groups in total. The highest BCUT2D eigenvalue weighted by molar-refractivity contribution is 5.77. The second kappa shape index (κ2) is 6.48. The first kappa shape index (κ1) is 13.0. The van der Waals surface area contributed by atoms with E-state index < -0.39 is 0 Å². The molecule has 0 aromatic rings. The van der Waals surface area contributed by atoms with Crippen LogP contribution in [0.4, 0.5) is 0 Å². The Balaban J connectivity index is 2.22. The lowest BCUT2D eigenvalue weighted by atomic mass is 10.2. The first-order chi connectivity index (χ1) is 7.69. The van der Waals surface area contributed by atoms with Gasteiger partial charge in [-0.1, -0.05) is 0 Å². The lowest BCUT2D eigenvalue weighted by Crippen LogP contribution is -2.41. The molecule has 0 aromatic heterocycles. The van der Waals surface area contributed by atoms with Gasteiger partial charge in [-0.25, -0.2) is 0 Å². The summed E-state index contributed by atoms with van der Waals surface area (Å²) in [5.41, 5.74) is 0. The Bertz CT molecular complexity index is 252. The monoisotopic (exact) mass is 228 g/mol. The molecule has 92 valence electrons. The Morgan fingerprint density at radius 2 is 2.12 bits per heavy atom. The summed E-state index contributed by atoms with van der Waals surface area (Å²) in [4.78, 5) is 22.6. The molecule has 1 aliphatic carbocycles. The van der Waals surface area contributed by atoms with E-state index in [0.29, 0.717) is 25.4 Å². The molecule has 1 unspecified atom stereocenters. The van der Waals surface area contributed by atoms with Crippen molar-refractivity contribution in [1.82, 2.24) is 10.6 Å². The number of hydrogen-bond donors (Lipinski definition) is 2. The number of carbonyl (C=O) groups excluding carboxylic acids is 2. The summed E-state index contributed by atoms with van der Waals surface area (Å²) in [5, 5.41) is 5.80. The van der Waals surface area contributed by atoms with Crippen LogP contribution in [0.15, 0.2) is 0 Å². The van der Waals surface area contributed by atoms with E-state index in [4.69, 9.17) is 4.74 Å². The van der Waals surface area contributed by atoms with E-state index in [2.05, 4.69) is 10.6 Å². The van der Waals surface area contributed by atoms with Crippen molar-refractivity contribution in [3.8, 4) is 0 Å². The van der Waals surface area contributed by atoms with E-state index >= 15 is 0 Å². The highest BCUT2D eigenvalue weighted by atomic mass is 16.5. The molecule has 0 bridgehead atoms. The average Bonchev–Trinajstić information content (AvgIpc) is 3.08. The fraction of sp³-hybridized carbons (Fsp3) is 0.818. The van der Waals surface area contributed by atoms with E-state index in [0.717, 1.165) is 12.8 Å². The topological polar surface area (TPSA) is 67.4 Å². The number of esters is 1. The van der Waals surface area contributed by atoms with Crippen molar-refractivity contribution in [3.05, 3.63) is 0 Å². The predicted octanol–water partition coefficient (Wildman–Crippen LogP) is 0.0538. The second-order valence-electron chi connectivity index (χ2n) is 4.00. The first-order valence-electron chi connectivity index (χ1n) is 5.77. The van der Waals surface area contributed by atoms with Crippen molar-refractivity contribution in [1.29, 1.82) is 0 Å². The van der Waals surface area contributed by atoms with Crippen LogP contribution >= 0.6 is 0 Å². The number of methoxy groups -OCH3 is 1. The molecule has 1 fully saturated rings. The molecule has 1 atom stereocenters. The van der Waals surface area contributed by atoms with Gasteiger partial charge in [0.25, 0.3) is 0 Å². The summed E-state index contributed by atoms with van der Waals surface area (Å²) in [7, 11) is 1.39. The minimum atomic E-state index is -0.237. The lowest BCUT2D eigenvalue weighted by molar-refractivity contribution is -0.143. The smallest absolute Gasteiger partial charge is 0.323 e. The van der Waals surface area contributed by atoms with Gasteiger partial charge in [0.2, 0.25) is 5.91 Å². The molecule has 1 amide bonds. The molecule has 0 radical (unpaired) electrons. The standard InChI is InChI=1S/C11H20N2O3/c1-3-12-9(14)6-7-13-10(8-4-5-8)11(15)16-2/h8,10,13H,3-7H2,1-2H3,(H,12,14). The highest BCUT2D eigenvalue weighted by Crippen LogP contribution is 2.33. The molecule has 16 heavy (non-hydrogen) atoms. The van der Waals surface area contributed by atoms with Crippen LogP contribution in [-0.4, -0.2) is 38.1 Å². The van der Waals surface area contributed by atoms with E-state index in [1.54, 1.807) is 0 Å². The maximum atomic E-state index is 11.4. The Hall–Kier alpha value is -1.10. The van der Waals surface area contributed by atoms with Crippen LogP contribution in [0.25, 0.3) is 0 Å². The van der Waals surface area contributed by atoms with Gasteiger partial charge in [0.05, 0.1) is 7.11 Å². The lowest BCUT2D eigenvalue weighted by Gasteiger charge is -2.15. The number of ether oxygens (including phenoxy) is 1. The maximum absolute atomic E-state index is 11.4. The molecule has 1 saturated carbocycles. The molecule has 5 heteroatoms. The van der Waals surface area contributed by atoms with Crippen molar-refractivity contribution in [2.24, 2.45) is 5.92 Å². The zero-order chi connectivity index (χ0) is 12.0. The van der Waals surface area contributed by atoms with E-state index in [-0.39, 0.29) is 17.9 Å². The summed E-state index contributed by atoms with van der Waals surface area (Å²) in [6.45, 7) is 3.04. The van der Waals surface area contributed by atoms with Gasteiger partial charge in [0, 0.05) is 19.5 Å². The van der Waals surface area contributed by atoms with Crippen molar-refractivity contribution in [2.45, 2.75) is 32.2 Å². The van der Waals surface area contributed by atoms with Crippen LogP contribution in [0.3, 0.4) is 0 Å². The minimum absolute atomic E-state index is 0.00872. The molecule has 0 aromatic carbocycles. The average molecular weight is 228 g/mol. The third-order valence-corrected chi connectivity index (χ3v) is 2.64. The predicted molar refractivity (Wildman–Crippen MR) is 59.8 cm³/mol. The van der Waals surface area contributed by atoms with Crippen LogP contribution in [0.5, 0.6) is 0 Å². The van der Waals surface area contributed by atoms with E-state index in [1.807, 2.05) is 6.92 Å². The van der Waals surface area contributed by atoms with Crippen molar-refractivity contribution in [3.63, 3.8) is 0 Å². The fourth-order valence-electron chi connectivity index (χ4n) is 1.63. The zero-order valence-electron chi connectivity index (χ0n) is 9.91. The Morgan fingerprint density at radius 1 is 1.44 bits per heavy atom. The van der Waals surface area contributed by atoms with Gasteiger partial charge in [-0.15, -0.1) is 0 Å². The van der Waals surface area contributed by atoms with Crippen LogP contribution in [0.1, 0.15) is 26.2 Å². The first-order valence-corrected chi connectivity index (χ1v) is 5.77. The van der Waals surface area contributed by atoms with Crippen LogP contribution in [0, 0.1) is 5.92 Å². The summed E-state index contributed by atoms with van der Waals surface area (Å²) in [6.07, 6.45) is 2.52. The van der Waals surface area contributed by atoms with Crippen LogP contribution in [-0.2, 0) is 14.3 Å². The highest BCUT2D eigenvalue weighted by Gasteiger charge is 2.36. The van der Waals surface area contributed by atoms with E-state index in [9.17, 15) is 9.59 Å². The Morgan fingerprint density at radius 3 is 2.62 bits per heavy atom. The SMILES string of the molecule is CCNC(=O)CCNC(C(=O)OC)C1CC1. The van der Waals surface area contributed by atoms with Gasteiger partial charge in [-0.3, -0.25) is 9.59 Å². The number of amides is 1. The van der Waals surface area contributed by atoms with Crippen molar-refractivity contribution >= 4 is 11.9 Å². The largest absolute Gasteiger partial charge is 0.468 e. The Kier molecular flexibility index (Phi) is 5.25. The zero-order valence-corrected chi connectivity index (χ0v) is 9.91. The number of rotatable bonds is 7. The summed E-state index contributed by atoms with van der Waals surface area (Å²) < 4.78 is 4.72. The summed E-state index contributed by atoms with van der Waals surface area (Å²) in [5.74, 6) is 0.175. The van der Waals surface area contributed by atoms with Gasteiger partial charge in [-0.2, -0.15) is 0 Å². The van der Waals surface area contributed by atoms with Crippen LogP contribution < -0.4 is 10.6 Å². The van der Waals surface area contributed by atoms with Crippen molar-refractivity contribution < 1.29 is 14.3 Å². The van der Waals surface area contributed by atoms with Gasteiger partial charge >= 0.3 is 5.97 Å². The van der Waals surface area contributed by atoms with Crippen molar-refractivity contribution in [2.75, 3.05) is 20.2 Å². The molecule has 1 rings (SSSR count). The van der Waals surface area contributed by atoms with E-state index in [1.165, 1.54) is 7.11 Å². The number of hydrogen-bond acceptors (Lipinski definition) is 4. The van der Waals surface area contributed by atoms with Gasteiger partial charge in [-0.05, 0) is 25.7 Å². The van der Waals surface area contributed by atoms with Crippen LogP contribution in [0.2, 0.25) is 0 Å². The summed E-state index contributed by atoms with van der Waals surface area (Å²) >= 11 is 0. The molecule has 5 nitrogen and oxygen atoms in total. The molecule has 0 heterocycles. The quantitative estimate of drug-likeness (QED) is 0.604. The molecule has 0 spiro atoms. The maximum Gasteiger partial charge on any atom is 0.323 e. The molecular weight excluding hydrogens is 208 g/mol. The molecular formula is C11H20N2O3. The summed E-state index contributed by atoms with van der Waals surface area (Å²) in [6, 6.07) is -0.237. The number of nitrogens with one attached hydrogen (secondary N) is 2. The normalized spacial score (nSPS) is 16.6.